The Hall–Kier alpha value is -1.97. The number of carbonyl (C=O) groups is 1. The number of hydrogen-bond donors (Lipinski definition) is 2. The lowest BCUT2D eigenvalue weighted by Gasteiger charge is -2.06. The quantitative estimate of drug-likeness (QED) is 0.488. The molecule has 4 heteroatoms. The van der Waals surface area contributed by atoms with Crippen LogP contribution in [0.15, 0.2) is 30.5 Å². The summed E-state index contributed by atoms with van der Waals surface area (Å²) in [5, 5.41) is 12.3. The molecule has 0 fully saturated rings. The molecule has 0 aliphatic rings. The van der Waals surface area contributed by atoms with Gasteiger partial charge in [-0.1, -0.05) is 64.0 Å². The second-order valence-corrected chi connectivity index (χ2v) is 6.42. The van der Waals surface area contributed by atoms with Crippen LogP contribution in [0.3, 0.4) is 0 Å². The van der Waals surface area contributed by atoms with Crippen molar-refractivity contribution in [3.63, 3.8) is 0 Å². The molecule has 1 amide bonds. The largest absolute Gasteiger partial charge is 0.504 e. The van der Waals surface area contributed by atoms with Gasteiger partial charge in [0.15, 0.2) is 11.5 Å². The third kappa shape index (κ3) is 9.80. The maximum absolute atomic E-state index is 11.9. The third-order valence-corrected chi connectivity index (χ3v) is 4.20. The maximum atomic E-state index is 11.9. The smallest absolute Gasteiger partial charge is 0.228 e. The molecule has 0 heterocycles. The molecule has 0 saturated heterocycles. The summed E-state index contributed by atoms with van der Waals surface area (Å²) in [4.78, 5) is 11.9. The van der Waals surface area contributed by atoms with Gasteiger partial charge in [0.05, 0.1) is 13.5 Å². The molecule has 0 saturated carbocycles. The van der Waals surface area contributed by atoms with Crippen LogP contribution in [0.2, 0.25) is 0 Å². The van der Waals surface area contributed by atoms with Crippen LogP contribution in [-0.4, -0.2) is 18.1 Å². The van der Waals surface area contributed by atoms with Crippen molar-refractivity contribution in [3.8, 4) is 11.5 Å². The van der Waals surface area contributed by atoms with Crippen LogP contribution in [0.1, 0.15) is 70.3 Å². The minimum atomic E-state index is -0.0695. The third-order valence-electron chi connectivity index (χ3n) is 4.20. The summed E-state index contributed by atoms with van der Waals surface area (Å²) < 4.78 is 5.04. The standard InChI is InChI=1S/C21H33NO3/c1-3-4-5-6-7-8-9-10-11-12-15-22-21(24)17-18-13-14-19(23)20(16-18)25-2/h12-16,23H,3-11,17H2,1-2H3,(H,22,24)/b15-12+. The average Bonchev–Trinajstić information content (AvgIpc) is 2.61. The van der Waals surface area contributed by atoms with Crippen molar-refractivity contribution in [2.45, 2.75) is 71.1 Å². The number of rotatable bonds is 13. The number of ether oxygens (including phenoxy) is 1. The zero-order chi connectivity index (χ0) is 18.3. The molecule has 0 atom stereocenters. The van der Waals surface area contributed by atoms with E-state index in [2.05, 4.69) is 12.2 Å². The van der Waals surface area contributed by atoms with Gasteiger partial charge < -0.3 is 15.2 Å². The Morgan fingerprint density at radius 2 is 1.80 bits per heavy atom. The van der Waals surface area contributed by atoms with Gasteiger partial charge in [-0.2, -0.15) is 0 Å². The second-order valence-electron chi connectivity index (χ2n) is 6.42. The molecule has 2 N–H and O–H groups in total. The van der Waals surface area contributed by atoms with Gasteiger partial charge in [0.1, 0.15) is 0 Å². The number of aromatic hydroxyl groups is 1. The van der Waals surface area contributed by atoms with Gasteiger partial charge in [0.25, 0.3) is 0 Å². The number of methoxy groups -OCH3 is 1. The first-order valence-electron chi connectivity index (χ1n) is 9.47. The van der Waals surface area contributed by atoms with Crippen molar-refractivity contribution < 1.29 is 14.6 Å². The molecule has 25 heavy (non-hydrogen) atoms. The Balaban J connectivity index is 2.10. The minimum absolute atomic E-state index is 0.0695. The molecule has 0 aromatic heterocycles. The van der Waals surface area contributed by atoms with E-state index in [4.69, 9.17) is 4.74 Å². The van der Waals surface area contributed by atoms with E-state index in [1.54, 1.807) is 24.4 Å². The molecule has 1 rings (SSSR count). The van der Waals surface area contributed by atoms with E-state index < -0.39 is 0 Å². The first-order valence-corrected chi connectivity index (χ1v) is 9.47. The molecule has 1 aromatic rings. The molecule has 0 unspecified atom stereocenters. The summed E-state index contributed by atoms with van der Waals surface area (Å²) in [6.45, 7) is 2.24. The number of phenolic OH excluding ortho intramolecular Hbond substituents is 1. The fourth-order valence-electron chi connectivity index (χ4n) is 2.70. The van der Waals surface area contributed by atoms with E-state index in [-0.39, 0.29) is 18.1 Å². The average molecular weight is 347 g/mol. The Morgan fingerprint density at radius 1 is 1.12 bits per heavy atom. The highest BCUT2D eigenvalue weighted by molar-refractivity contribution is 5.79. The lowest BCUT2D eigenvalue weighted by atomic mass is 10.1. The molecule has 0 radical (unpaired) electrons. The fourth-order valence-corrected chi connectivity index (χ4v) is 2.70. The van der Waals surface area contributed by atoms with Crippen LogP contribution >= 0.6 is 0 Å². The SMILES string of the molecule is CCCCCCCCCC/C=C/NC(=O)Cc1ccc(O)c(OC)c1. The Morgan fingerprint density at radius 3 is 2.48 bits per heavy atom. The molecular weight excluding hydrogens is 314 g/mol. The molecule has 0 spiro atoms. The number of allylic oxidation sites excluding steroid dienone is 1. The van der Waals surface area contributed by atoms with E-state index in [9.17, 15) is 9.90 Å². The summed E-state index contributed by atoms with van der Waals surface area (Å²) in [5.74, 6) is 0.396. The number of benzene rings is 1. The van der Waals surface area contributed by atoms with Crippen LogP contribution < -0.4 is 10.1 Å². The Kier molecular flexibility index (Phi) is 11.2. The predicted molar refractivity (Wildman–Crippen MR) is 103 cm³/mol. The van der Waals surface area contributed by atoms with Gasteiger partial charge in [-0.3, -0.25) is 4.79 Å². The van der Waals surface area contributed by atoms with Crippen molar-refractivity contribution in [1.82, 2.24) is 5.32 Å². The summed E-state index contributed by atoms with van der Waals surface area (Å²) in [6.07, 6.45) is 15.5. The van der Waals surface area contributed by atoms with Crippen LogP contribution in [0.5, 0.6) is 11.5 Å². The van der Waals surface area contributed by atoms with Gasteiger partial charge in [0, 0.05) is 0 Å². The first-order chi connectivity index (χ1) is 12.2. The van der Waals surface area contributed by atoms with E-state index in [0.717, 1.165) is 12.0 Å². The molecule has 0 aliphatic heterocycles. The zero-order valence-electron chi connectivity index (χ0n) is 15.7. The minimum Gasteiger partial charge on any atom is -0.504 e. The summed E-state index contributed by atoms with van der Waals surface area (Å²) in [5.41, 5.74) is 0.809. The van der Waals surface area contributed by atoms with Crippen molar-refractivity contribution in [1.29, 1.82) is 0 Å². The van der Waals surface area contributed by atoms with Gasteiger partial charge in [-0.25, -0.2) is 0 Å². The highest BCUT2D eigenvalue weighted by atomic mass is 16.5. The first kappa shape index (κ1) is 21.1. The lowest BCUT2D eigenvalue weighted by molar-refractivity contribution is -0.119. The van der Waals surface area contributed by atoms with Gasteiger partial charge >= 0.3 is 0 Å². The van der Waals surface area contributed by atoms with E-state index >= 15 is 0 Å². The lowest BCUT2D eigenvalue weighted by Crippen LogP contribution is -2.19. The van der Waals surface area contributed by atoms with E-state index in [0.29, 0.717) is 5.75 Å². The Bertz CT molecular complexity index is 526. The van der Waals surface area contributed by atoms with Crippen molar-refractivity contribution >= 4 is 5.91 Å². The van der Waals surface area contributed by atoms with Crippen molar-refractivity contribution in [2.24, 2.45) is 0 Å². The van der Waals surface area contributed by atoms with Gasteiger partial charge in [0.2, 0.25) is 5.91 Å². The second kappa shape index (κ2) is 13.3. The topological polar surface area (TPSA) is 58.6 Å². The predicted octanol–water partition coefficient (Wildman–Crippen LogP) is 5.10. The number of unbranched alkanes of at least 4 members (excludes halogenated alkanes) is 8. The molecule has 1 aromatic carbocycles. The molecule has 140 valence electrons. The van der Waals surface area contributed by atoms with E-state index in [1.165, 1.54) is 58.5 Å². The molecule has 0 aliphatic carbocycles. The van der Waals surface area contributed by atoms with E-state index in [1.807, 2.05) is 6.08 Å². The van der Waals surface area contributed by atoms with Crippen LogP contribution in [0, 0.1) is 0 Å². The number of hydrogen-bond acceptors (Lipinski definition) is 3. The highest BCUT2D eigenvalue weighted by Gasteiger charge is 2.06. The number of amides is 1. The number of carbonyl (C=O) groups excluding carboxylic acids is 1. The van der Waals surface area contributed by atoms with Crippen LogP contribution in [0.4, 0.5) is 0 Å². The number of nitrogens with one attached hydrogen (secondary N) is 1. The zero-order valence-corrected chi connectivity index (χ0v) is 15.7. The highest BCUT2D eigenvalue weighted by Crippen LogP contribution is 2.26. The molecule has 0 bridgehead atoms. The normalized spacial score (nSPS) is 11.0. The summed E-state index contributed by atoms with van der Waals surface area (Å²) in [7, 11) is 1.49. The molecule has 4 nitrogen and oxygen atoms in total. The summed E-state index contributed by atoms with van der Waals surface area (Å²) >= 11 is 0. The molecular formula is C21H33NO3. The van der Waals surface area contributed by atoms with Crippen LogP contribution in [-0.2, 0) is 11.2 Å². The Labute approximate surface area is 152 Å². The monoisotopic (exact) mass is 347 g/mol. The maximum Gasteiger partial charge on any atom is 0.228 e. The fraction of sp³-hybridized carbons (Fsp3) is 0.571. The summed E-state index contributed by atoms with van der Waals surface area (Å²) in [6, 6.07) is 4.94. The van der Waals surface area contributed by atoms with Crippen LogP contribution in [0.25, 0.3) is 0 Å². The van der Waals surface area contributed by atoms with Gasteiger partial charge in [-0.05, 0) is 36.7 Å². The number of phenols is 1. The van der Waals surface area contributed by atoms with Crippen molar-refractivity contribution in [3.05, 3.63) is 36.0 Å². The van der Waals surface area contributed by atoms with Crippen molar-refractivity contribution in [2.75, 3.05) is 7.11 Å². The van der Waals surface area contributed by atoms with Gasteiger partial charge in [-0.15, -0.1) is 0 Å².